The predicted octanol–water partition coefficient (Wildman–Crippen LogP) is 3.11. The number of carbonyl (C=O) groups is 4. The van der Waals surface area contributed by atoms with E-state index < -0.39 is 45.7 Å². The molecule has 0 aliphatic carbocycles. The van der Waals surface area contributed by atoms with Crippen LogP contribution in [-0.2, 0) is 30.3 Å². The summed E-state index contributed by atoms with van der Waals surface area (Å²) in [5, 5.41) is 5.03. The van der Waals surface area contributed by atoms with E-state index in [0.29, 0.717) is 5.92 Å². The molecule has 3 amide bonds. The third-order valence-electron chi connectivity index (χ3n) is 6.32. The summed E-state index contributed by atoms with van der Waals surface area (Å²) < 4.78 is 22.4. The van der Waals surface area contributed by atoms with Crippen LogP contribution in [-0.4, -0.2) is 75.9 Å². The lowest BCUT2D eigenvalue weighted by Gasteiger charge is -2.50. The van der Waals surface area contributed by atoms with Crippen molar-refractivity contribution in [3.63, 3.8) is 0 Å². The number of carbonyl (C=O) groups excluding carboxylic acids is 4. The zero-order chi connectivity index (χ0) is 28.5. The van der Waals surface area contributed by atoms with Gasteiger partial charge in [-0.1, -0.05) is 58.0 Å². The van der Waals surface area contributed by atoms with Crippen LogP contribution in [0.2, 0.25) is 5.04 Å². The van der Waals surface area contributed by atoms with Gasteiger partial charge >= 0.3 is 18.3 Å². The van der Waals surface area contributed by atoms with E-state index in [1.807, 2.05) is 30.3 Å². The summed E-state index contributed by atoms with van der Waals surface area (Å²) in [4.78, 5) is 49.2. The molecule has 11 nitrogen and oxygen atoms in total. The Morgan fingerprint density at radius 1 is 1.00 bits per heavy atom. The fourth-order valence-electron chi connectivity index (χ4n) is 3.45. The molecule has 12 heteroatoms. The molecule has 0 bridgehead atoms. The smallest absolute Gasteiger partial charge is 0.445 e. The zero-order valence-electron chi connectivity index (χ0n) is 23.4. The van der Waals surface area contributed by atoms with Crippen LogP contribution in [0.5, 0.6) is 0 Å². The number of hydrogen-bond acceptors (Lipinski definition) is 8. The van der Waals surface area contributed by atoms with Gasteiger partial charge in [0.25, 0.3) is 0 Å². The lowest BCUT2D eigenvalue weighted by molar-refractivity contribution is -0.145. The molecule has 2 unspecified atom stereocenters. The highest BCUT2D eigenvalue weighted by molar-refractivity contribution is 6.42. The molecule has 2 rings (SSSR count). The average Bonchev–Trinajstić information content (AvgIpc) is 2.83. The first-order valence-corrected chi connectivity index (χ1v) is 14.1. The van der Waals surface area contributed by atoms with E-state index in [9.17, 15) is 19.2 Å². The van der Waals surface area contributed by atoms with Gasteiger partial charge in [0.15, 0.2) is 0 Å². The maximum Gasteiger partial charge on any atom is 0.508 e. The van der Waals surface area contributed by atoms with Crippen molar-refractivity contribution in [2.45, 2.75) is 77.8 Å². The topological polar surface area (TPSA) is 132 Å². The Balaban J connectivity index is 1.89. The third-order valence-corrected chi connectivity index (χ3v) is 9.08. The van der Waals surface area contributed by atoms with E-state index >= 15 is 0 Å². The van der Waals surface area contributed by atoms with Gasteiger partial charge in [0.2, 0.25) is 5.91 Å². The highest BCUT2D eigenvalue weighted by atomic mass is 28.2. The summed E-state index contributed by atoms with van der Waals surface area (Å²) in [6.07, 6.45) is -2.29. The van der Waals surface area contributed by atoms with Gasteiger partial charge in [-0.25, -0.2) is 14.4 Å². The van der Waals surface area contributed by atoms with Gasteiger partial charge in [0, 0.05) is 0 Å². The number of ether oxygens (including phenoxy) is 4. The number of alkyl carbamates (subject to hydrolysis) is 2. The minimum atomic E-state index is -1.10. The molecule has 2 N–H and O–H groups in total. The Morgan fingerprint density at radius 3 is 2.26 bits per heavy atom. The van der Waals surface area contributed by atoms with E-state index in [1.54, 1.807) is 25.3 Å². The van der Waals surface area contributed by atoms with Crippen molar-refractivity contribution in [3.8, 4) is 0 Å². The number of nitrogens with zero attached hydrogens (tertiary/aromatic N) is 1. The van der Waals surface area contributed by atoms with Gasteiger partial charge in [0.1, 0.15) is 41.1 Å². The number of β-lactam (4-membered cyclic amide) rings is 1. The number of benzene rings is 1. The lowest BCUT2D eigenvalue weighted by Crippen LogP contribution is -2.74. The van der Waals surface area contributed by atoms with Crippen LogP contribution in [0.3, 0.4) is 0 Å². The largest absolute Gasteiger partial charge is 0.508 e. The van der Waals surface area contributed by atoms with Crippen LogP contribution in [0, 0.1) is 5.92 Å². The fourth-order valence-corrected chi connectivity index (χ4v) is 5.60. The summed E-state index contributed by atoms with van der Waals surface area (Å²) in [5.41, 5.74) is 0.182. The van der Waals surface area contributed by atoms with Crippen molar-refractivity contribution in [3.05, 3.63) is 35.9 Å². The maximum absolute atomic E-state index is 13.0. The Labute approximate surface area is 226 Å². The molecule has 1 aromatic carbocycles. The minimum Gasteiger partial charge on any atom is -0.445 e. The normalized spacial score (nSPS) is 17.7. The van der Waals surface area contributed by atoms with Crippen molar-refractivity contribution in [2.24, 2.45) is 5.92 Å². The van der Waals surface area contributed by atoms with E-state index in [-0.39, 0.29) is 37.3 Å². The third kappa shape index (κ3) is 9.88. The van der Waals surface area contributed by atoms with Crippen molar-refractivity contribution >= 4 is 33.9 Å². The van der Waals surface area contributed by atoms with Crippen molar-refractivity contribution in [1.82, 2.24) is 15.2 Å². The second-order valence-electron chi connectivity index (χ2n) is 11.2. The Bertz CT molecular complexity index is 965. The molecule has 0 saturated carbocycles. The number of amides is 3. The highest BCUT2D eigenvalue weighted by Gasteiger charge is 2.50. The van der Waals surface area contributed by atoms with Crippen LogP contribution < -0.4 is 10.6 Å². The molecule has 1 aliphatic heterocycles. The Hall–Kier alpha value is -3.28. The van der Waals surface area contributed by atoms with Crippen molar-refractivity contribution in [2.75, 3.05) is 19.8 Å². The number of nitrogens with one attached hydrogen (secondary N) is 2. The SMILES string of the molecule is CC(C)C(C)(C)[SiH2]N1C(=O)C(NC(=O)OCc2ccccc2)C1COC(=O)OCCNC(=O)OC(C)(C)C. The molecule has 2 atom stereocenters. The second-order valence-corrected chi connectivity index (χ2v) is 14.0. The molecule has 212 valence electrons. The molecular formula is C26H41N3O8Si. The summed E-state index contributed by atoms with van der Waals surface area (Å²) in [6, 6.07) is 7.80. The number of hydrogen-bond donors (Lipinski definition) is 2. The van der Waals surface area contributed by atoms with Gasteiger partial charge < -0.3 is 34.1 Å². The molecule has 0 spiro atoms. The molecule has 0 aromatic heterocycles. The summed E-state index contributed by atoms with van der Waals surface area (Å²) in [7, 11) is -1.10. The molecule has 38 heavy (non-hydrogen) atoms. The molecule has 1 aliphatic rings. The lowest BCUT2D eigenvalue weighted by atomic mass is 9.99. The van der Waals surface area contributed by atoms with Crippen molar-refractivity contribution < 1.29 is 38.1 Å². The average molecular weight is 552 g/mol. The van der Waals surface area contributed by atoms with Crippen LogP contribution in [0.15, 0.2) is 30.3 Å². The van der Waals surface area contributed by atoms with Crippen molar-refractivity contribution in [1.29, 1.82) is 0 Å². The van der Waals surface area contributed by atoms with E-state index in [0.717, 1.165) is 5.56 Å². The van der Waals surface area contributed by atoms with Crippen LogP contribution >= 0.6 is 0 Å². The van der Waals surface area contributed by atoms with Gasteiger partial charge in [-0.2, -0.15) is 0 Å². The van der Waals surface area contributed by atoms with Gasteiger partial charge in [-0.05, 0) is 37.3 Å². The quantitative estimate of drug-likeness (QED) is 0.141. The van der Waals surface area contributed by atoms with E-state index in [4.69, 9.17) is 18.9 Å². The van der Waals surface area contributed by atoms with Gasteiger partial charge in [0.05, 0.1) is 12.6 Å². The molecule has 0 radical (unpaired) electrons. The monoisotopic (exact) mass is 551 g/mol. The maximum atomic E-state index is 13.0. The first kappa shape index (κ1) is 30.9. The minimum absolute atomic E-state index is 0.0466. The molecule has 1 fully saturated rings. The Kier molecular flexibility index (Phi) is 11.0. The standard InChI is InChI=1S/C26H41N3O8Si/c1-17(2)26(6,7)38-29-19(16-36-24(33)34-14-13-27-22(31)37-25(3,4)5)20(21(29)30)28-23(32)35-15-18-11-9-8-10-12-18/h8-12,17,19-20H,13-16,38H2,1-7H3,(H,27,31)(H,28,32). The predicted molar refractivity (Wildman–Crippen MR) is 143 cm³/mol. The molecule has 1 aromatic rings. The molecular weight excluding hydrogens is 510 g/mol. The van der Waals surface area contributed by atoms with Crippen LogP contribution in [0.25, 0.3) is 0 Å². The first-order valence-electron chi connectivity index (χ1n) is 12.7. The fraction of sp³-hybridized carbons (Fsp3) is 0.615. The van der Waals surface area contributed by atoms with Gasteiger partial charge in [-0.15, -0.1) is 0 Å². The second kappa shape index (κ2) is 13.5. The van der Waals surface area contributed by atoms with E-state index in [2.05, 4.69) is 38.3 Å². The van der Waals surface area contributed by atoms with E-state index in [1.165, 1.54) is 0 Å². The van der Waals surface area contributed by atoms with Crippen LogP contribution in [0.1, 0.15) is 54.0 Å². The van der Waals surface area contributed by atoms with Gasteiger partial charge in [-0.3, -0.25) is 4.79 Å². The summed E-state index contributed by atoms with van der Waals surface area (Å²) >= 11 is 0. The highest BCUT2D eigenvalue weighted by Crippen LogP contribution is 2.36. The summed E-state index contributed by atoms with van der Waals surface area (Å²) in [5.74, 6) is 0.124. The van der Waals surface area contributed by atoms with Crippen LogP contribution in [0.4, 0.5) is 14.4 Å². The first-order chi connectivity index (χ1) is 17.7. The molecule has 1 saturated heterocycles. The Morgan fingerprint density at radius 2 is 1.66 bits per heavy atom. The zero-order valence-corrected chi connectivity index (χ0v) is 24.8. The number of rotatable bonds is 11. The molecule has 1 heterocycles. The summed E-state index contributed by atoms with van der Waals surface area (Å²) in [6.45, 7) is 13.5.